The van der Waals surface area contributed by atoms with Gasteiger partial charge in [-0.3, -0.25) is 4.79 Å². The summed E-state index contributed by atoms with van der Waals surface area (Å²) in [5, 5.41) is 3.23. The van der Waals surface area contributed by atoms with Gasteiger partial charge < -0.3 is 10.2 Å². The zero-order chi connectivity index (χ0) is 14.4. The van der Waals surface area contributed by atoms with Crippen LogP contribution in [0.5, 0.6) is 0 Å². The molecule has 0 aliphatic carbocycles. The van der Waals surface area contributed by atoms with Gasteiger partial charge in [0.2, 0.25) is 0 Å². The van der Waals surface area contributed by atoms with Gasteiger partial charge in [0.05, 0.1) is 0 Å². The van der Waals surface area contributed by atoms with Gasteiger partial charge in [-0.05, 0) is 25.2 Å². The summed E-state index contributed by atoms with van der Waals surface area (Å²) in [6, 6.07) is 1.76. The lowest BCUT2D eigenvalue weighted by Crippen LogP contribution is -2.38. The van der Waals surface area contributed by atoms with Gasteiger partial charge in [-0.25, -0.2) is 9.97 Å². The number of hydrogen-bond donors (Lipinski definition) is 1. The van der Waals surface area contributed by atoms with Crippen LogP contribution in [0.25, 0.3) is 0 Å². The molecule has 0 saturated carbocycles. The van der Waals surface area contributed by atoms with Crippen LogP contribution in [0.1, 0.15) is 50.0 Å². The summed E-state index contributed by atoms with van der Waals surface area (Å²) in [5.41, 5.74) is 0.494. The average Bonchev–Trinajstić information content (AvgIpc) is 2.48. The highest BCUT2D eigenvalue weighted by atomic mass is 16.2. The molecule has 1 fully saturated rings. The van der Waals surface area contributed by atoms with Gasteiger partial charge in [-0.2, -0.15) is 0 Å². The molecule has 1 amide bonds. The van der Waals surface area contributed by atoms with E-state index in [9.17, 15) is 4.79 Å². The van der Waals surface area contributed by atoms with Crippen molar-refractivity contribution in [2.75, 3.05) is 25.0 Å². The molecule has 0 bridgehead atoms. The van der Waals surface area contributed by atoms with Gasteiger partial charge in [-0.1, -0.05) is 20.3 Å². The predicted molar refractivity (Wildman–Crippen MR) is 79.7 cm³/mol. The van der Waals surface area contributed by atoms with Gasteiger partial charge in [0.15, 0.2) is 0 Å². The first kappa shape index (κ1) is 14.8. The van der Waals surface area contributed by atoms with Crippen LogP contribution in [0.4, 0.5) is 5.82 Å². The highest BCUT2D eigenvalue weighted by molar-refractivity contribution is 5.92. The van der Waals surface area contributed by atoms with Crippen molar-refractivity contribution >= 4 is 11.7 Å². The first-order valence-corrected chi connectivity index (χ1v) is 7.56. The van der Waals surface area contributed by atoms with Gasteiger partial charge >= 0.3 is 0 Å². The van der Waals surface area contributed by atoms with Crippen molar-refractivity contribution in [1.82, 2.24) is 14.9 Å². The van der Waals surface area contributed by atoms with Crippen LogP contribution in [-0.2, 0) is 0 Å². The van der Waals surface area contributed by atoms with Crippen molar-refractivity contribution in [2.24, 2.45) is 5.92 Å². The molecule has 1 aliphatic heterocycles. The number of nitrogens with zero attached hydrogens (tertiary/aromatic N) is 3. The van der Waals surface area contributed by atoms with Crippen molar-refractivity contribution in [2.45, 2.75) is 39.5 Å². The number of hydrogen-bond acceptors (Lipinski definition) is 4. The fraction of sp³-hybridized carbons (Fsp3) is 0.667. The molecule has 1 N–H and O–H groups in total. The maximum absolute atomic E-state index is 12.4. The van der Waals surface area contributed by atoms with Crippen molar-refractivity contribution in [3.05, 3.63) is 18.1 Å². The maximum atomic E-state index is 12.4. The van der Waals surface area contributed by atoms with Gasteiger partial charge in [0.25, 0.3) is 5.91 Å². The fourth-order valence-corrected chi connectivity index (χ4v) is 2.34. The molecule has 5 nitrogen and oxygen atoms in total. The lowest BCUT2D eigenvalue weighted by molar-refractivity contribution is 0.0691. The van der Waals surface area contributed by atoms with E-state index in [1.54, 1.807) is 6.07 Å². The summed E-state index contributed by atoms with van der Waals surface area (Å²) >= 11 is 0. The molecule has 5 heteroatoms. The van der Waals surface area contributed by atoms with Gasteiger partial charge in [0.1, 0.15) is 17.8 Å². The zero-order valence-electron chi connectivity index (χ0n) is 12.4. The van der Waals surface area contributed by atoms with Crippen LogP contribution in [-0.4, -0.2) is 40.4 Å². The normalized spacial score (nSPS) is 16.2. The Labute approximate surface area is 120 Å². The van der Waals surface area contributed by atoms with E-state index >= 15 is 0 Å². The third-order valence-electron chi connectivity index (χ3n) is 3.79. The van der Waals surface area contributed by atoms with E-state index in [-0.39, 0.29) is 5.91 Å². The number of amides is 1. The largest absolute Gasteiger partial charge is 0.370 e. The Morgan fingerprint density at radius 3 is 2.85 bits per heavy atom. The van der Waals surface area contributed by atoms with Crippen molar-refractivity contribution in [3.8, 4) is 0 Å². The second-order valence-corrected chi connectivity index (χ2v) is 5.54. The topological polar surface area (TPSA) is 58.1 Å². The monoisotopic (exact) mass is 276 g/mol. The Kier molecular flexibility index (Phi) is 5.32. The highest BCUT2D eigenvalue weighted by Crippen LogP contribution is 2.18. The number of nitrogens with one attached hydrogen (secondary N) is 1. The summed E-state index contributed by atoms with van der Waals surface area (Å²) in [5.74, 6) is 1.48. The second kappa shape index (κ2) is 7.22. The molecule has 2 rings (SSSR count). The number of rotatable bonds is 5. The lowest BCUT2D eigenvalue weighted by Gasteiger charge is -2.30. The molecule has 2 heterocycles. The number of piperidine rings is 1. The number of carbonyl (C=O) groups excluding carboxylic acids is 1. The van der Waals surface area contributed by atoms with E-state index in [1.165, 1.54) is 6.33 Å². The molecule has 0 radical (unpaired) electrons. The molecule has 0 atom stereocenters. The Morgan fingerprint density at radius 1 is 1.40 bits per heavy atom. The summed E-state index contributed by atoms with van der Waals surface area (Å²) in [6.45, 7) is 6.93. The molecule has 0 unspecified atom stereocenters. The molecular weight excluding hydrogens is 252 g/mol. The van der Waals surface area contributed by atoms with Crippen LogP contribution in [0.3, 0.4) is 0 Å². The molecule has 0 spiro atoms. The summed E-state index contributed by atoms with van der Waals surface area (Å²) in [4.78, 5) is 22.6. The standard InChI is InChI=1S/C15H24N4O/c1-3-4-7-16-14-10-13(17-11-18-14)15(20)19-8-5-12(2)6-9-19/h10-12H,3-9H2,1-2H3,(H,16,17,18). The summed E-state index contributed by atoms with van der Waals surface area (Å²) in [7, 11) is 0. The molecule has 0 aromatic carbocycles. The average molecular weight is 276 g/mol. The number of unbranched alkanes of at least 4 members (excludes halogenated alkanes) is 1. The highest BCUT2D eigenvalue weighted by Gasteiger charge is 2.22. The van der Waals surface area contributed by atoms with Crippen LogP contribution < -0.4 is 5.32 Å². The van der Waals surface area contributed by atoms with Crippen molar-refractivity contribution in [3.63, 3.8) is 0 Å². The third-order valence-corrected chi connectivity index (χ3v) is 3.79. The van der Waals surface area contributed by atoms with Crippen LogP contribution >= 0.6 is 0 Å². The minimum absolute atomic E-state index is 0.0258. The van der Waals surface area contributed by atoms with Crippen LogP contribution in [0.15, 0.2) is 12.4 Å². The van der Waals surface area contributed by atoms with Gasteiger partial charge in [-0.15, -0.1) is 0 Å². The first-order chi connectivity index (χ1) is 9.70. The van der Waals surface area contributed by atoms with Crippen LogP contribution in [0, 0.1) is 5.92 Å². The SMILES string of the molecule is CCCCNc1cc(C(=O)N2CCC(C)CC2)ncn1. The van der Waals surface area contributed by atoms with E-state index in [2.05, 4.69) is 29.1 Å². The van der Waals surface area contributed by atoms with Crippen molar-refractivity contribution < 1.29 is 4.79 Å². The van der Waals surface area contributed by atoms with Crippen LogP contribution in [0.2, 0.25) is 0 Å². The molecule has 20 heavy (non-hydrogen) atoms. The predicted octanol–water partition coefficient (Wildman–Crippen LogP) is 2.56. The molecule has 1 saturated heterocycles. The molecule has 1 aromatic heterocycles. The maximum Gasteiger partial charge on any atom is 0.272 e. The third kappa shape index (κ3) is 3.92. The number of carbonyl (C=O) groups is 1. The smallest absolute Gasteiger partial charge is 0.272 e. The lowest BCUT2D eigenvalue weighted by atomic mass is 9.99. The quantitative estimate of drug-likeness (QED) is 0.840. The summed E-state index contributed by atoms with van der Waals surface area (Å²) in [6.07, 6.45) is 5.86. The minimum Gasteiger partial charge on any atom is -0.370 e. The Hall–Kier alpha value is -1.65. The van der Waals surface area contributed by atoms with Gasteiger partial charge in [0, 0.05) is 25.7 Å². The number of likely N-dealkylation sites (tertiary alicyclic amines) is 1. The van der Waals surface area contributed by atoms with E-state index in [0.717, 1.165) is 57.1 Å². The molecule has 1 aromatic rings. The first-order valence-electron chi connectivity index (χ1n) is 7.56. The van der Waals surface area contributed by atoms with E-state index in [1.807, 2.05) is 4.90 Å². The summed E-state index contributed by atoms with van der Waals surface area (Å²) < 4.78 is 0. The number of aromatic nitrogens is 2. The van der Waals surface area contributed by atoms with E-state index in [0.29, 0.717) is 5.69 Å². The molecule has 1 aliphatic rings. The van der Waals surface area contributed by atoms with E-state index in [4.69, 9.17) is 0 Å². The fourth-order valence-electron chi connectivity index (χ4n) is 2.34. The number of anilines is 1. The minimum atomic E-state index is 0.0258. The Bertz CT molecular complexity index is 441. The second-order valence-electron chi connectivity index (χ2n) is 5.54. The Balaban J connectivity index is 1.97. The molecular formula is C15H24N4O. The Morgan fingerprint density at radius 2 is 2.15 bits per heavy atom. The molecule has 110 valence electrons. The zero-order valence-corrected chi connectivity index (χ0v) is 12.4. The van der Waals surface area contributed by atoms with Crippen molar-refractivity contribution in [1.29, 1.82) is 0 Å². The van der Waals surface area contributed by atoms with E-state index < -0.39 is 0 Å².